The summed E-state index contributed by atoms with van der Waals surface area (Å²) in [5, 5.41) is 4.22. The molecule has 0 saturated heterocycles. The van der Waals surface area contributed by atoms with Crippen LogP contribution in [0.1, 0.15) is 24.1 Å². The van der Waals surface area contributed by atoms with E-state index >= 15 is 0 Å². The summed E-state index contributed by atoms with van der Waals surface area (Å²) in [4.78, 5) is 0. The normalized spacial score (nSPS) is 12.7. The van der Waals surface area contributed by atoms with E-state index in [0.29, 0.717) is 5.22 Å². The van der Waals surface area contributed by atoms with Crippen LogP contribution in [0.4, 0.5) is 0 Å². The maximum atomic E-state index is 5.66. The summed E-state index contributed by atoms with van der Waals surface area (Å²) in [6.07, 6.45) is 0. The fraction of sp³-hybridized carbons (Fsp3) is 0.182. The Morgan fingerprint density at radius 1 is 1.29 bits per heavy atom. The molecule has 14 heavy (non-hydrogen) atoms. The number of nitrogens with zero attached hydrogens (tertiary/aromatic N) is 1. The highest BCUT2D eigenvalue weighted by Gasteiger charge is 2.12. The molecule has 0 radical (unpaired) electrons. The molecule has 0 aliphatic heterocycles. The predicted molar refractivity (Wildman–Crippen MR) is 55.5 cm³/mol. The fourth-order valence-electron chi connectivity index (χ4n) is 1.38. The third-order valence-corrected chi connectivity index (χ3v) is 2.42. The van der Waals surface area contributed by atoms with Gasteiger partial charge in [-0.25, -0.2) is 0 Å². The zero-order valence-corrected chi connectivity index (χ0v) is 8.53. The Morgan fingerprint density at radius 2 is 2.00 bits per heavy atom. The van der Waals surface area contributed by atoms with Crippen molar-refractivity contribution < 1.29 is 4.52 Å². The summed E-state index contributed by atoms with van der Waals surface area (Å²) in [6, 6.07) is 11.9. The van der Waals surface area contributed by atoms with Crippen molar-refractivity contribution in [2.24, 2.45) is 0 Å². The SMILES string of the molecule is CC(c1ccccc1)c1cc(Cl)on1. The van der Waals surface area contributed by atoms with Crippen LogP contribution in [-0.4, -0.2) is 5.16 Å². The van der Waals surface area contributed by atoms with Crippen molar-refractivity contribution in [2.75, 3.05) is 0 Å². The molecule has 1 aromatic heterocycles. The van der Waals surface area contributed by atoms with Crippen LogP contribution >= 0.6 is 11.6 Å². The fourth-order valence-corrected chi connectivity index (χ4v) is 1.53. The van der Waals surface area contributed by atoms with Gasteiger partial charge in [0.25, 0.3) is 0 Å². The maximum Gasteiger partial charge on any atom is 0.226 e. The van der Waals surface area contributed by atoms with Crippen molar-refractivity contribution in [1.82, 2.24) is 5.16 Å². The molecule has 3 heteroatoms. The molecule has 0 saturated carbocycles. The molecule has 1 atom stereocenters. The minimum absolute atomic E-state index is 0.215. The van der Waals surface area contributed by atoms with Gasteiger partial charge in [0.05, 0.1) is 5.69 Å². The molecule has 0 fully saturated rings. The van der Waals surface area contributed by atoms with Gasteiger partial charge in [0.2, 0.25) is 5.22 Å². The van der Waals surface area contributed by atoms with Crippen molar-refractivity contribution in [2.45, 2.75) is 12.8 Å². The van der Waals surface area contributed by atoms with Gasteiger partial charge in [-0.3, -0.25) is 0 Å². The zero-order valence-electron chi connectivity index (χ0n) is 7.77. The monoisotopic (exact) mass is 207 g/mol. The van der Waals surface area contributed by atoms with Crippen LogP contribution in [0.5, 0.6) is 0 Å². The molecular formula is C11H10ClNO. The summed E-state index contributed by atoms with van der Waals surface area (Å²) in [6.45, 7) is 2.07. The average molecular weight is 208 g/mol. The van der Waals surface area contributed by atoms with Gasteiger partial charge in [0, 0.05) is 12.0 Å². The standard InChI is InChI=1S/C11H10ClNO/c1-8(9-5-3-2-4-6-9)10-7-11(12)14-13-10/h2-8H,1H3. The molecular weight excluding hydrogens is 198 g/mol. The quantitative estimate of drug-likeness (QED) is 0.754. The summed E-state index contributed by atoms with van der Waals surface area (Å²) in [5.74, 6) is 0.215. The molecule has 2 nitrogen and oxygen atoms in total. The molecule has 1 aromatic carbocycles. The third kappa shape index (κ3) is 1.80. The van der Waals surface area contributed by atoms with E-state index in [2.05, 4.69) is 24.2 Å². The molecule has 0 amide bonds. The number of aromatic nitrogens is 1. The Labute approximate surface area is 87.5 Å². The van der Waals surface area contributed by atoms with Gasteiger partial charge >= 0.3 is 0 Å². The van der Waals surface area contributed by atoms with E-state index in [1.54, 1.807) is 6.07 Å². The van der Waals surface area contributed by atoms with Crippen LogP contribution in [0.2, 0.25) is 5.22 Å². The molecule has 0 spiro atoms. The lowest BCUT2D eigenvalue weighted by atomic mass is 9.98. The van der Waals surface area contributed by atoms with Crippen molar-refractivity contribution in [1.29, 1.82) is 0 Å². The Bertz CT molecular complexity index is 410. The second-order valence-electron chi connectivity index (χ2n) is 3.19. The number of rotatable bonds is 2. The first-order chi connectivity index (χ1) is 6.77. The van der Waals surface area contributed by atoms with E-state index in [9.17, 15) is 0 Å². The van der Waals surface area contributed by atoms with Gasteiger partial charge in [-0.1, -0.05) is 42.4 Å². The predicted octanol–water partition coefficient (Wildman–Crippen LogP) is 3.48. The highest BCUT2D eigenvalue weighted by atomic mass is 35.5. The van der Waals surface area contributed by atoms with Crippen LogP contribution in [0.3, 0.4) is 0 Å². The minimum Gasteiger partial charge on any atom is -0.344 e. The number of benzene rings is 1. The lowest BCUT2D eigenvalue weighted by molar-refractivity contribution is 0.411. The highest BCUT2D eigenvalue weighted by Crippen LogP contribution is 2.24. The second kappa shape index (κ2) is 3.84. The Morgan fingerprint density at radius 3 is 2.57 bits per heavy atom. The first-order valence-electron chi connectivity index (χ1n) is 4.44. The zero-order chi connectivity index (χ0) is 9.97. The van der Waals surface area contributed by atoms with Gasteiger partial charge in [-0.15, -0.1) is 0 Å². The Hall–Kier alpha value is -1.28. The van der Waals surface area contributed by atoms with Gasteiger partial charge in [-0.05, 0) is 17.2 Å². The summed E-state index contributed by atoms with van der Waals surface area (Å²) < 4.78 is 4.82. The van der Waals surface area contributed by atoms with E-state index in [1.807, 2.05) is 18.2 Å². The van der Waals surface area contributed by atoms with Crippen LogP contribution in [0.15, 0.2) is 40.9 Å². The van der Waals surface area contributed by atoms with E-state index in [1.165, 1.54) is 5.56 Å². The molecule has 2 rings (SSSR count). The van der Waals surface area contributed by atoms with Gasteiger partial charge < -0.3 is 4.52 Å². The van der Waals surface area contributed by atoms with Crippen LogP contribution in [0.25, 0.3) is 0 Å². The molecule has 1 unspecified atom stereocenters. The molecule has 2 aromatic rings. The average Bonchev–Trinajstić information content (AvgIpc) is 2.65. The molecule has 0 bridgehead atoms. The maximum absolute atomic E-state index is 5.66. The topological polar surface area (TPSA) is 26.0 Å². The molecule has 72 valence electrons. The summed E-state index contributed by atoms with van der Waals surface area (Å²) in [7, 11) is 0. The smallest absolute Gasteiger partial charge is 0.226 e. The largest absolute Gasteiger partial charge is 0.344 e. The summed E-state index contributed by atoms with van der Waals surface area (Å²) in [5.41, 5.74) is 2.07. The van der Waals surface area contributed by atoms with E-state index < -0.39 is 0 Å². The van der Waals surface area contributed by atoms with Crippen molar-refractivity contribution in [3.05, 3.63) is 52.9 Å². The third-order valence-electron chi connectivity index (χ3n) is 2.24. The van der Waals surface area contributed by atoms with Gasteiger partial charge in [-0.2, -0.15) is 0 Å². The molecule has 0 aliphatic carbocycles. The molecule has 0 N–H and O–H groups in total. The van der Waals surface area contributed by atoms with Crippen molar-refractivity contribution >= 4 is 11.6 Å². The van der Waals surface area contributed by atoms with E-state index in [-0.39, 0.29) is 5.92 Å². The van der Waals surface area contributed by atoms with Crippen LogP contribution in [-0.2, 0) is 0 Å². The first-order valence-corrected chi connectivity index (χ1v) is 4.82. The molecule has 0 aliphatic rings. The van der Waals surface area contributed by atoms with Crippen LogP contribution in [0, 0.1) is 0 Å². The lowest BCUT2D eigenvalue weighted by Gasteiger charge is -2.06. The number of hydrogen-bond acceptors (Lipinski definition) is 2. The second-order valence-corrected chi connectivity index (χ2v) is 3.56. The minimum atomic E-state index is 0.215. The first kappa shape index (κ1) is 9.28. The van der Waals surface area contributed by atoms with Gasteiger partial charge in [0.1, 0.15) is 0 Å². The van der Waals surface area contributed by atoms with Gasteiger partial charge in [0.15, 0.2) is 0 Å². The number of hydrogen-bond donors (Lipinski definition) is 0. The summed E-state index contributed by atoms with van der Waals surface area (Å²) >= 11 is 5.66. The lowest BCUT2D eigenvalue weighted by Crippen LogP contribution is -1.95. The van der Waals surface area contributed by atoms with E-state index in [0.717, 1.165) is 5.69 Å². The number of halogens is 1. The van der Waals surface area contributed by atoms with Crippen molar-refractivity contribution in [3.63, 3.8) is 0 Å². The molecule has 1 heterocycles. The highest BCUT2D eigenvalue weighted by molar-refractivity contribution is 6.28. The van der Waals surface area contributed by atoms with E-state index in [4.69, 9.17) is 16.1 Å². The van der Waals surface area contributed by atoms with Crippen molar-refractivity contribution in [3.8, 4) is 0 Å². The Balaban J connectivity index is 2.29. The van der Waals surface area contributed by atoms with Crippen LogP contribution < -0.4 is 0 Å². The Kier molecular flexibility index (Phi) is 2.55.